The minimum atomic E-state index is 0.373. The van der Waals surface area contributed by atoms with Crippen LogP contribution in [0.5, 0.6) is 5.75 Å². The molecule has 0 saturated carbocycles. The number of hydrogen-bond acceptors (Lipinski definition) is 6. The molecule has 1 aromatic rings. The highest BCUT2D eigenvalue weighted by Gasteiger charge is 2.24. The van der Waals surface area contributed by atoms with E-state index in [1.807, 2.05) is 14.0 Å². The van der Waals surface area contributed by atoms with Crippen LogP contribution in [0.15, 0.2) is 6.33 Å². The van der Waals surface area contributed by atoms with Gasteiger partial charge in [-0.1, -0.05) is 0 Å². The summed E-state index contributed by atoms with van der Waals surface area (Å²) in [6.45, 7) is 4.69. The molecule has 1 fully saturated rings. The van der Waals surface area contributed by atoms with Crippen molar-refractivity contribution < 1.29 is 9.47 Å². The molecule has 2 heterocycles. The van der Waals surface area contributed by atoms with Gasteiger partial charge in [0, 0.05) is 26.7 Å². The van der Waals surface area contributed by atoms with Crippen LogP contribution in [0, 0.1) is 0 Å². The summed E-state index contributed by atoms with van der Waals surface area (Å²) in [5, 5.41) is 3.03. The number of methoxy groups -OCH3 is 1. The average molecular weight is 266 g/mol. The van der Waals surface area contributed by atoms with Gasteiger partial charge in [-0.2, -0.15) is 0 Å². The lowest BCUT2D eigenvalue weighted by Gasteiger charge is -2.33. The van der Waals surface area contributed by atoms with Gasteiger partial charge in [0.2, 0.25) is 5.75 Å². The molecule has 0 atom stereocenters. The van der Waals surface area contributed by atoms with E-state index in [1.165, 1.54) is 0 Å². The van der Waals surface area contributed by atoms with E-state index < -0.39 is 0 Å². The van der Waals surface area contributed by atoms with Crippen LogP contribution in [0.3, 0.4) is 0 Å². The quantitative estimate of drug-likeness (QED) is 0.872. The molecular weight excluding hydrogens is 244 g/mol. The van der Waals surface area contributed by atoms with Crippen molar-refractivity contribution in [2.75, 3.05) is 44.1 Å². The van der Waals surface area contributed by atoms with Crippen LogP contribution in [0.2, 0.25) is 0 Å². The molecule has 2 rings (SSSR count). The lowest BCUT2D eigenvalue weighted by molar-refractivity contribution is 0.0458. The zero-order chi connectivity index (χ0) is 13.7. The number of hydrogen-bond donors (Lipinski definition) is 1. The molecule has 1 aliphatic rings. The summed E-state index contributed by atoms with van der Waals surface area (Å²) in [5.74, 6) is 2.29. The second kappa shape index (κ2) is 6.56. The third-order valence-electron chi connectivity index (χ3n) is 3.37. The summed E-state index contributed by atoms with van der Waals surface area (Å²) in [7, 11) is 3.48. The second-order valence-corrected chi connectivity index (χ2v) is 4.47. The highest BCUT2D eigenvalue weighted by Crippen LogP contribution is 2.33. The highest BCUT2D eigenvalue weighted by molar-refractivity contribution is 5.64. The fourth-order valence-electron chi connectivity index (χ4n) is 2.43. The molecule has 0 bridgehead atoms. The molecule has 0 radical (unpaired) electrons. The Morgan fingerprint density at radius 1 is 1.37 bits per heavy atom. The standard InChI is InChI=1S/C13H22N4O2/c1-4-19-10-5-7-17(8-6-10)13-11(18-3)12(14-2)15-9-16-13/h9-10H,4-8H2,1-3H3,(H,14,15,16). The van der Waals surface area contributed by atoms with Gasteiger partial charge in [-0.05, 0) is 19.8 Å². The SMILES string of the molecule is CCOC1CCN(c2ncnc(NC)c2OC)CC1. The molecule has 6 heteroatoms. The van der Waals surface area contributed by atoms with E-state index in [2.05, 4.69) is 20.2 Å². The Balaban J connectivity index is 2.11. The maximum absolute atomic E-state index is 5.67. The van der Waals surface area contributed by atoms with E-state index in [0.29, 0.717) is 11.9 Å². The summed E-state index contributed by atoms with van der Waals surface area (Å²) in [6, 6.07) is 0. The van der Waals surface area contributed by atoms with Crippen LogP contribution in [0.4, 0.5) is 11.6 Å². The maximum atomic E-state index is 5.67. The summed E-state index contributed by atoms with van der Waals surface area (Å²) < 4.78 is 11.1. The van der Waals surface area contributed by atoms with E-state index >= 15 is 0 Å². The number of ether oxygens (including phenoxy) is 2. The van der Waals surface area contributed by atoms with E-state index in [9.17, 15) is 0 Å². The minimum Gasteiger partial charge on any atom is -0.490 e. The van der Waals surface area contributed by atoms with Crippen molar-refractivity contribution in [3.05, 3.63) is 6.33 Å². The smallest absolute Gasteiger partial charge is 0.204 e. The molecule has 1 aromatic heterocycles. The second-order valence-electron chi connectivity index (χ2n) is 4.47. The van der Waals surface area contributed by atoms with Gasteiger partial charge in [0.1, 0.15) is 6.33 Å². The zero-order valence-corrected chi connectivity index (χ0v) is 11.8. The molecule has 106 valence electrons. The molecule has 1 saturated heterocycles. The molecule has 6 nitrogen and oxygen atoms in total. The van der Waals surface area contributed by atoms with Crippen molar-refractivity contribution in [2.45, 2.75) is 25.9 Å². The molecule has 0 aromatic carbocycles. The number of nitrogens with one attached hydrogen (secondary N) is 1. The molecule has 0 unspecified atom stereocenters. The summed E-state index contributed by atoms with van der Waals surface area (Å²) >= 11 is 0. The van der Waals surface area contributed by atoms with Crippen LogP contribution >= 0.6 is 0 Å². The van der Waals surface area contributed by atoms with E-state index in [1.54, 1.807) is 13.4 Å². The molecule has 1 N–H and O–H groups in total. The van der Waals surface area contributed by atoms with E-state index in [4.69, 9.17) is 9.47 Å². The Morgan fingerprint density at radius 2 is 2.11 bits per heavy atom. The van der Waals surface area contributed by atoms with Gasteiger partial charge in [0.15, 0.2) is 11.6 Å². The summed E-state index contributed by atoms with van der Waals surface area (Å²) in [5.41, 5.74) is 0. The van der Waals surface area contributed by atoms with Gasteiger partial charge in [0.05, 0.1) is 13.2 Å². The Morgan fingerprint density at radius 3 is 2.68 bits per heavy atom. The van der Waals surface area contributed by atoms with Gasteiger partial charge >= 0.3 is 0 Å². The summed E-state index contributed by atoms with van der Waals surface area (Å²) in [4.78, 5) is 10.8. The van der Waals surface area contributed by atoms with E-state index in [0.717, 1.165) is 44.2 Å². The molecule has 19 heavy (non-hydrogen) atoms. The number of rotatable bonds is 5. The number of piperidine rings is 1. The third kappa shape index (κ3) is 3.07. The first-order valence-corrected chi connectivity index (χ1v) is 6.73. The van der Waals surface area contributed by atoms with Gasteiger partial charge < -0.3 is 19.7 Å². The van der Waals surface area contributed by atoms with Crippen LogP contribution in [-0.4, -0.2) is 49.9 Å². The highest BCUT2D eigenvalue weighted by atomic mass is 16.5. The number of aromatic nitrogens is 2. The van der Waals surface area contributed by atoms with Crippen LogP contribution in [-0.2, 0) is 4.74 Å². The first-order valence-electron chi connectivity index (χ1n) is 6.73. The van der Waals surface area contributed by atoms with Gasteiger partial charge in [0.25, 0.3) is 0 Å². The van der Waals surface area contributed by atoms with Gasteiger partial charge in [-0.3, -0.25) is 0 Å². The Hall–Kier alpha value is -1.56. The van der Waals surface area contributed by atoms with Crippen molar-refractivity contribution >= 4 is 11.6 Å². The van der Waals surface area contributed by atoms with Crippen LogP contribution in [0.25, 0.3) is 0 Å². The number of anilines is 2. The lowest BCUT2D eigenvalue weighted by Crippen LogP contribution is -2.37. The van der Waals surface area contributed by atoms with Crippen molar-refractivity contribution in [3.63, 3.8) is 0 Å². The van der Waals surface area contributed by atoms with E-state index in [-0.39, 0.29) is 0 Å². The van der Waals surface area contributed by atoms with Gasteiger partial charge in [-0.15, -0.1) is 0 Å². The first-order chi connectivity index (χ1) is 9.30. The predicted octanol–water partition coefficient (Wildman–Crippen LogP) is 1.53. The third-order valence-corrected chi connectivity index (χ3v) is 3.37. The molecule has 0 spiro atoms. The first kappa shape index (κ1) is 13.9. The van der Waals surface area contributed by atoms with Crippen molar-refractivity contribution in [2.24, 2.45) is 0 Å². The number of nitrogens with zero attached hydrogens (tertiary/aromatic N) is 3. The lowest BCUT2D eigenvalue weighted by atomic mass is 10.1. The normalized spacial score (nSPS) is 16.5. The van der Waals surface area contributed by atoms with Crippen molar-refractivity contribution in [3.8, 4) is 5.75 Å². The topological polar surface area (TPSA) is 59.5 Å². The van der Waals surface area contributed by atoms with Gasteiger partial charge in [-0.25, -0.2) is 9.97 Å². The molecule has 0 aliphatic carbocycles. The Labute approximate surface area is 114 Å². The summed E-state index contributed by atoms with van der Waals surface area (Å²) in [6.07, 6.45) is 3.99. The Kier molecular flexibility index (Phi) is 4.79. The van der Waals surface area contributed by atoms with Crippen LogP contribution in [0.1, 0.15) is 19.8 Å². The molecule has 0 amide bonds. The van der Waals surface area contributed by atoms with Crippen molar-refractivity contribution in [1.29, 1.82) is 0 Å². The minimum absolute atomic E-state index is 0.373. The van der Waals surface area contributed by atoms with Crippen molar-refractivity contribution in [1.82, 2.24) is 9.97 Å². The fourth-order valence-corrected chi connectivity index (χ4v) is 2.43. The fraction of sp³-hybridized carbons (Fsp3) is 0.692. The monoisotopic (exact) mass is 266 g/mol. The largest absolute Gasteiger partial charge is 0.490 e. The molecular formula is C13H22N4O2. The van der Waals surface area contributed by atoms with Crippen LogP contribution < -0.4 is 15.0 Å². The average Bonchev–Trinajstić information content (AvgIpc) is 2.47. The Bertz CT molecular complexity index is 406. The molecule has 1 aliphatic heterocycles. The predicted molar refractivity (Wildman–Crippen MR) is 75.0 cm³/mol. The zero-order valence-electron chi connectivity index (χ0n) is 11.8. The maximum Gasteiger partial charge on any atom is 0.204 e.